The van der Waals surface area contributed by atoms with E-state index in [1.807, 2.05) is 0 Å². The van der Waals surface area contributed by atoms with Gasteiger partial charge >= 0.3 is 0 Å². The SMILES string of the molecule is COc1ccc(N2C(=O)C(CC(=O)Nc3ccc(F)cc3)N(CCCN3CCN(c4ccc(F)cc4)CC3)C2=S)cc1Cl. The van der Waals surface area contributed by atoms with E-state index in [0.717, 1.165) is 44.8 Å². The fourth-order valence-corrected chi connectivity index (χ4v) is 6.05. The highest BCUT2D eigenvalue weighted by atomic mass is 35.5. The molecule has 2 fully saturated rings. The van der Waals surface area contributed by atoms with Crippen LogP contribution in [0.25, 0.3) is 0 Å². The molecule has 0 spiro atoms. The Morgan fingerprint density at radius 1 is 0.953 bits per heavy atom. The number of benzene rings is 3. The summed E-state index contributed by atoms with van der Waals surface area (Å²) in [4.78, 5) is 34.5. The van der Waals surface area contributed by atoms with E-state index in [1.165, 1.54) is 48.4 Å². The molecule has 0 bridgehead atoms. The molecule has 1 N–H and O–H groups in total. The van der Waals surface area contributed by atoms with Gasteiger partial charge in [0.15, 0.2) is 5.11 Å². The zero-order valence-electron chi connectivity index (χ0n) is 23.6. The van der Waals surface area contributed by atoms with Gasteiger partial charge < -0.3 is 19.9 Å². The van der Waals surface area contributed by atoms with Crippen LogP contribution in [0.3, 0.4) is 0 Å². The van der Waals surface area contributed by atoms with E-state index in [0.29, 0.717) is 33.8 Å². The van der Waals surface area contributed by atoms with Crippen molar-refractivity contribution in [2.45, 2.75) is 18.9 Å². The Labute approximate surface area is 259 Å². The number of thiocarbonyl (C=S) groups is 1. The van der Waals surface area contributed by atoms with Crippen LogP contribution in [0.2, 0.25) is 5.02 Å². The summed E-state index contributed by atoms with van der Waals surface area (Å²) in [6, 6.07) is 16.2. The molecule has 3 aromatic rings. The van der Waals surface area contributed by atoms with Crippen LogP contribution in [0.1, 0.15) is 12.8 Å². The van der Waals surface area contributed by atoms with Gasteiger partial charge in [-0.05, 0) is 91.9 Å². The summed E-state index contributed by atoms with van der Waals surface area (Å²) < 4.78 is 31.9. The largest absolute Gasteiger partial charge is 0.495 e. The first kappa shape index (κ1) is 30.7. The van der Waals surface area contributed by atoms with E-state index in [9.17, 15) is 18.4 Å². The molecule has 0 aliphatic carbocycles. The Morgan fingerprint density at radius 3 is 2.21 bits per heavy atom. The summed E-state index contributed by atoms with van der Waals surface area (Å²) in [6.07, 6.45) is 0.588. The van der Waals surface area contributed by atoms with Crippen molar-refractivity contribution in [3.63, 3.8) is 0 Å². The number of amides is 2. The molecule has 5 rings (SSSR count). The first-order valence-electron chi connectivity index (χ1n) is 14.0. The zero-order chi connectivity index (χ0) is 30.5. The average Bonchev–Trinajstić information content (AvgIpc) is 3.23. The monoisotopic (exact) mass is 627 g/mol. The Morgan fingerprint density at radius 2 is 1.58 bits per heavy atom. The Kier molecular flexibility index (Phi) is 9.74. The lowest BCUT2D eigenvalue weighted by Gasteiger charge is -2.36. The highest BCUT2D eigenvalue weighted by Gasteiger charge is 2.44. The maximum atomic E-state index is 13.7. The van der Waals surface area contributed by atoms with Crippen LogP contribution < -0.4 is 19.9 Å². The summed E-state index contributed by atoms with van der Waals surface area (Å²) >= 11 is 12.1. The molecule has 12 heteroatoms. The molecule has 0 saturated carbocycles. The number of anilines is 3. The van der Waals surface area contributed by atoms with Crippen LogP contribution >= 0.6 is 23.8 Å². The summed E-state index contributed by atoms with van der Waals surface area (Å²) in [5.74, 6) is -0.904. The third-order valence-electron chi connectivity index (χ3n) is 7.66. The van der Waals surface area contributed by atoms with Crippen LogP contribution in [-0.4, -0.2) is 79.1 Å². The molecule has 1 atom stereocenters. The first-order chi connectivity index (χ1) is 20.7. The molecule has 226 valence electrons. The van der Waals surface area contributed by atoms with Crippen LogP contribution in [-0.2, 0) is 9.59 Å². The molecular weight excluding hydrogens is 596 g/mol. The van der Waals surface area contributed by atoms with Gasteiger partial charge in [0.2, 0.25) is 5.91 Å². The van der Waals surface area contributed by atoms with E-state index >= 15 is 0 Å². The molecule has 3 aromatic carbocycles. The topological polar surface area (TPSA) is 68.4 Å². The van der Waals surface area contributed by atoms with Crippen LogP contribution in [0.5, 0.6) is 5.75 Å². The molecule has 2 heterocycles. The summed E-state index contributed by atoms with van der Waals surface area (Å²) in [6.45, 7) is 4.60. The number of carbonyl (C=O) groups excluding carboxylic acids is 2. The number of methoxy groups -OCH3 is 1. The standard InChI is InChI=1S/C31H32ClF2N5O3S/c1-42-28-12-11-25(19-26(28)32)39-30(41)27(20-29(40)35-23-7-3-21(33)4-8-23)38(31(39)43)14-2-13-36-15-17-37(18-16-36)24-9-5-22(34)6-10-24/h3-12,19,27H,2,13-18,20H2,1H3,(H,35,40). The molecule has 2 aliphatic heterocycles. The molecule has 2 aliphatic rings. The van der Waals surface area contributed by atoms with Gasteiger partial charge in [0, 0.05) is 44.1 Å². The van der Waals surface area contributed by atoms with Gasteiger partial charge in [-0.3, -0.25) is 19.4 Å². The van der Waals surface area contributed by atoms with Crippen molar-refractivity contribution in [1.29, 1.82) is 0 Å². The number of carbonyl (C=O) groups is 2. The minimum atomic E-state index is -0.816. The fraction of sp³-hybridized carbons (Fsp3) is 0.323. The van der Waals surface area contributed by atoms with Crippen molar-refractivity contribution >= 4 is 57.8 Å². The van der Waals surface area contributed by atoms with Crippen molar-refractivity contribution < 1.29 is 23.1 Å². The van der Waals surface area contributed by atoms with E-state index in [4.69, 9.17) is 28.6 Å². The highest BCUT2D eigenvalue weighted by Crippen LogP contribution is 2.33. The molecule has 0 radical (unpaired) electrons. The van der Waals surface area contributed by atoms with Crippen LogP contribution in [0, 0.1) is 11.6 Å². The molecule has 2 amide bonds. The molecule has 1 unspecified atom stereocenters. The van der Waals surface area contributed by atoms with Gasteiger partial charge in [0.25, 0.3) is 5.91 Å². The Balaban J connectivity index is 1.24. The maximum Gasteiger partial charge on any atom is 0.256 e. The van der Waals surface area contributed by atoms with Crippen molar-refractivity contribution in [3.05, 3.63) is 83.4 Å². The van der Waals surface area contributed by atoms with E-state index in [1.54, 1.807) is 35.2 Å². The quantitative estimate of drug-likeness (QED) is 0.311. The smallest absolute Gasteiger partial charge is 0.256 e. The number of nitrogens with zero attached hydrogens (tertiary/aromatic N) is 4. The van der Waals surface area contributed by atoms with Crippen molar-refractivity contribution in [3.8, 4) is 5.75 Å². The number of nitrogens with one attached hydrogen (secondary N) is 1. The Hall–Kier alpha value is -3.80. The molecule has 8 nitrogen and oxygen atoms in total. The maximum absolute atomic E-state index is 13.7. The third-order valence-corrected chi connectivity index (χ3v) is 8.37. The number of hydrogen-bond acceptors (Lipinski definition) is 6. The van der Waals surface area contributed by atoms with E-state index < -0.39 is 11.9 Å². The number of halogens is 3. The summed E-state index contributed by atoms with van der Waals surface area (Å²) in [5.41, 5.74) is 1.93. The highest BCUT2D eigenvalue weighted by molar-refractivity contribution is 7.80. The summed E-state index contributed by atoms with van der Waals surface area (Å²) in [7, 11) is 1.51. The lowest BCUT2D eigenvalue weighted by molar-refractivity contribution is -0.124. The van der Waals surface area contributed by atoms with E-state index in [2.05, 4.69) is 15.1 Å². The number of piperazine rings is 1. The second-order valence-electron chi connectivity index (χ2n) is 10.4. The lowest BCUT2D eigenvalue weighted by Crippen LogP contribution is -2.47. The predicted octanol–water partition coefficient (Wildman–Crippen LogP) is 5.17. The van der Waals surface area contributed by atoms with Gasteiger partial charge in [-0.2, -0.15) is 0 Å². The number of rotatable bonds is 10. The van der Waals surface area contributed by atoms with Crippen molar-refractivity contribution in [2.24, 2.45) is 0 Å². The van der Waals surface area contributed by atoms with Gasteiger partial charge in [-0.1, -0.05) is 11.6 Å². The summed E-state index contributed by atoms with van der Waals surface area (Å²) in [5, 5.41) is 3.37. The lowest BCUT2D eigenvalue weighted by atomic mass is 10.1. The van der Waals surface area contributed by atoms with E-state index in [-0.39, 0.29) is 24.1 Å². The van der Waals surface area contributed by atoms with Crippen LogP contribution in [0.4, 0.5) is 25.8 Å². The fourth-order valence-electron chi connectivity index (χ4n) is 5.39. The molecule has 43 heavy (non-hydrogen) atoms. The Bertz CT molecular complexity index is 1470. The second kappa shape index (κ2) is 13.7. The number of ether oxygens (including phenoxy) is 1. The van der Waals surface area contributed by atoms with Gasteiger partial charge in [-0.15, -0.1) is 0 Å². The zero-order valence-corrected chi connectivity index (χ0v) is 25.2. The normalized spacial score (nSPS) is 17.5. The number of hydrogen-bond donors (Lipinski definition) is 1. The molecule has 2 saturated heterocycles. The minimum absolute atomic E-state index is 0.132. The predicted molar refractivity (Wildman–Crippen MR) is 168 cm³/mol. The minimum Gasteiger partial charge on any atom is -0.495 e. The van der Waals surface area contributed by atoms with Crippen molar-refractivity contribution in [1.82, 2.24) is 9.80 Å². The van der Waals surface area contributed by atoms with Gasteiger partial charge in [0.1, 0.15) is 23.4 Å². The van der Waals surface area contributed by atoms with Crippen molar-refractivity contribution in [2.75, 3.05) is 61.5 Å². The average molecular weight is 628 g/mol. The first-order valence-corrected chi connectivity index (χ1v) is 14.8. The van der Waals surface area contributed by atoms with Crippen LogP contribution in [0.15, 0.2) is 66.7 Å². The van der Waals surface area contributed by atoms with Gasteiger partial charge in [0.05, 0.1) is 24.2 Å². The molecular formula is C31H32ClF2N5O3S. The molecule has 0 aromatic heterocycles. The van der Waals surface area contributed by atoms with Gasteiger partial charge in [-0.25, -0.2) is 8.78 Å². The third kappa shape index (κ3) is 7.23. The second-order valence-corrected chi connectivity index (χ2v) is 11.2.